The van der Waals surface area contributed by atoms with E-state index in [1.54, 1.807) is 0 Å². The van der Waals surface area contributed by atoms with Gasteiger partial charge in [-0.1, -0.05) is 182 Å². The Balaban J connectivity index is 1.03. The SMILES string of the molecule is c1ccc(-n2c3ccccc3c3ccc4c(c5cccc6c7c(-c8ccc9oc%10ccccc%10c9c8)c8c(c(-c9ccc%10c(c9)-c9ccccc9C%10)c7n4c65)c4cccc5c6c7c(ccc6n8c45)c4ccccc4n7-c4ccccc4)c32)cc1. The van der Waals surface area contributed by atoms with Gasteiger partial charge in [0.15, 0.2) is 0 Å². The Kier molecular flexibility index (Phi) is 8.02. The highest BCUT2D eigenvalue weighted by atomic mass is 16.3. The summed E-state index contributed by atoms with van der Waals surface area (Å²) in [5, 5.41) is 17.2. The fourth-order valence-electron chi connectivity index (χ4n) is 16.2. The van der Waals surface area contributed by atoms with Gasteiger partial charge in [-0.2, -0.15) is 0 Å². The topological polar surface area (TPSA) is 31.8 Å². The summed E-state index contributed by atoms with van der Waals surface area (Å²) >= 11 is 0. The summed E-state index contributed by atoms with van der Waals surface area (Å²) in [5.74, 6) is 0. The molecule has 0 bridgehead atoms. The number of rotatable bonds is 4. The molecule has 1 aliphatic carbocycles. The summed E-state index contributed by atoms with van der Waals surface area (Å²) in [6, 6.07) is 95.5. The molecular formula is C79H44N4O. The molecule has 0 saturated heterocycles. The number of para-hydroxylation sites is 7. The monoisotopic (exact) mass is 1060 g/mol. The van der Waals surface area contributed by atoms with Crippen LogP contribution in [0.1, 0.15) is 11.1 Å². The van der Waals surface area contributed by atoms with Crippen molar-refractivity contribution in [3.63, 3.8) is 0 Å². The molecule has 0 N–H and O–H groups in total. The average molecular weight is 1070 g/mol. The second kappa shape index (κ2) is 15.4. The first-order valence-corrected chi connectivity index (χ1v) is 29.2. The molecule has 5 nitrogen and oxygen atoms in total. The molecule has 1 aliphatic rings. The minimum Gasteiger partial charge on any atom is -0.456 e. The summed E-state index contributed by atoms with van der Waals surface area (Å²) in [6.07, 6.45) is 0.927. The minimum absolute atomic E-state index is 0.883. The molecule has 13 aromatic carbocycles. The first-order chi connectivity index (χ1) is 41.7. The van der Waals surface area contributed by atoms with Crippen LogP contribution in [-0.2, 0) is 6.42 Å². The number of furan rings is 1. The van der Waals surface area contributed by atoms with E-state index in [0.717, 1.165) is 45.3 Å². The predicted molar refractivity (Wildman–Crippen MR) is 351 cm³/mol. The molecule has 7 heterocycles. The lowest BCUT2D eigenvalue weighted by atomic mass is 9.88. The van der Waals surface area contributed by atoms with E-state index in [1.807, 2.05) is 0 Å². The molecule has 0 radical (unpaired) electrons. The zero-order valence-electron chi connectivity index (χ0n) is 45.2. The van der Waals surface area contributed by atoms with Crippen LogP contribution in [-0.4, -0.2) is 17.9 Å². The molecule has 0 fully saturated rings. The number of aromatic nitrogens is 4. The van der Waals surface area contributed by atoms with E-state index in [9.17, 15) is 0 Å². The predicted octanol–water partition coefficient (Wildman–Crippen LogP) is 21.0. The Morgan fingerprint density at radius 3 is 1.33 bits per heavy atom. The van der Waals surface area contributed by atoms with Crippen molar-refractivity contribution in [2.45, 2.75) is 6.42 Å². The normalized spacial score (nSPS) is 13.0. The van der Waals surface area contributed by atoms with Gasteiger partial charge in [0.2, 0.25) is 0 Å². The lowest BCUT2D eigenvalue weighted by molar-refractivity contribution is 0.669. The summed E-state index contributed by atoms with van der Waals surface area (Å²) in [7, 11) is 0. The zero-order chi connectivity index (χ0) is 54.2. The largest absolute Gasteiger partial charge is 0.456 e. The molecule has 0 aliphatic heterocycles. The first-order valence-electron chi connectivity index (χ1n) is 29.2. The van der Waals surface area contributed by atoms with Crippen LogP contribution >= 0.6 is 0 Å². The summed E-state index contributed by atoms with van der Waals surface area (Å²) in [5.41, 5.74) is 26.4. The van der Waals surface area contributed by atoms with Gasteiger partial charge in [-0.05, 0) is 113 Å². The van der Waals surface area contributed by atoms with Crippen LogP contribution in [0.2, 0.25) is 0 Å². The van der Waals surface area contributed by atoms with Gasteiger partial charge >= 0.3 is 0 Å². The third-order valence-electron chi connectivity index (χ3n) is 19.4. The first kappa shape index (κ1) is 43.6. The molecule has 0 atom stereocenters. The Labute approximate surface area is 478 Å². The molecule has 84 heavy (non-hydrogen) atoms. The maximum atomic E-state index is 6.64. The van der Waals surface area contributed by atoms with Crippen LogP contribution in [0.3, 0.4) is 0 Å². The van der Waals surface area contributed by atoms with Crippen LogP contribution in [0, 0.1) is 0 Å². The molecular weight excluding hydrogens is 1020 g/mol. The van der Waals surface area contributed by atoms with Crippen LogP contribution in [0.15, 0.2) is 259 Å². The highest BCUT2D eigenvalue weighted by Crippen LogP contribution is 2.57. The number of nitrogens with zero attached hydrogens (tertiary/aromatic N) is 4. The third-order valence-corrected chi connectivity index (χ3v) is 19.4. The van der Waals surface area contributed by atoms with Crippen molar-refractivity contribution < 1.29 is 4.42 Å². The van der Waals surface area contributed by atoms with Gasteiger partial charge in [0.05, 0.1) is 55.2 Å². The standard InChI is InChI=1S/C79H44N4O/c1-3-18-48(19-4-1)80-62-30-12-9-23-51(62)54-36-38-64-70(76(54)80)57-27-16-29-59-73-69(47-35-40-67-61(43-47)53-25-11-14-32-66(53)84-67)79-72(68(78(73)82(64)75(57)59)46-34-33-45-41-44-17-7-8-22-50(44)60(45)42-46)58-28-15-26-56-71-65(83(79)74(56)58)39-37-55-52-24-10-13-31-63(52)81(77(55)71)49-20-5-2-6-21-49/h1-40,42-43H,41H2. The Morgan fingerprint density at radius 2 is 0.726 bits per heavy atom. The van der Waals surface area contributed by atoms with Crippen LogP contribution < -0.4 is 0 Å². The van der Waals surface area contributed by atoms with E-state index in [-0.39, 0.29) is 0 Å². The van der Waals surface area contributed by atoms with Crippen molar-refractivity contribution in [3.8, 4) is 44.8 Å². The number of benzene rings is 13. The Hall–Kier alpha value is -11.1. The van der Waals surface area contributed by atoms with Gasteiger partial charge < -0.3 is 22.4 Å². The van der Waals surface area contributed by atoms with E-state index < -0.39 is 0 Å². The molecule has 386 valence electrons. The summed E-state index contributed by atoms with van der Waals surface area (Å²) in [6.45, 7) is 0. The van der Waals surface area contributed by atoms with Gasteiger partial charge in [-0.25, -0.2) is 0 Å². The van der Waals surface area contributed by atoms with E-state index in [1.165, 1.54) is 159 Å². The second-order valence-electron chi connectivity index (χ2n) is 23.4. The molecule has 0 saturated carbocycles. The fourth-order valence-corrected chi connectivity index (χ4v) is 16.2. The average Bonchev–Trinajstić information content (AvgIpc) is 1.52. The van der Waals surface area contributed by atoms with Crippen molar-refractivity contribution in [1.29, 1.82) is 0 Å². The molecule has 0 spiro atoms. The van der Waals surface area contributed by atoms with E-state index in [0.29, 0.717) is 0 Å². The van der Waals surface area contributed by atoms with E-state index >= 15 is 0 Å². The van der Waals surface area contributed by atoms with Crippen molar-refractivity contribution in [3.05, 3.63) is 266 Å². The van der Waals surface area contributed by atoms with E-state index in [4.69, 9.17) is 4.42 Å². The molecule has 5 heteroatoms. The lowest BCUT2D eigenvalue weighted by Gasteiger charge is -2.17. The second-order valence-corrected chi connectivity index (χ2v) is 23.4. The Morgan fingerprint density at radius 1 is 0.262 bits per heavy atom. The van der Waals surface area contributed by atoms with Gasteiger partial charge in [0, 0.05) is 97.9 Å². The van der Waals surface area contributed by atoms with Crippen molar-refractivity contribution in [2.75, 3.05) is 0 Å². The van der Waals surface area contributed by atoms with Crippen molar-refractivity contribution in [1.82, 2.24) is 17.9 Å². The fraction of sp³-hybridized carbons (Fsp3) is 0.0127. The van der Waals surface area contributed by atoms with Gasteiger partial charge in [0.25, 0.3) is 0 Å². The molecule has 0 unspecified atom stereocenters. The third kappa shape index (κ3) is 5.24. The van der Waals surface area contributed by atoms with E-state index in [2.05, 4.69) is 273 Å². The Bertz CT molecular complexity index is 6300. The number of fused-ring (bicyclic) bond motifs is 26. The maximum absolute atomic E-state index is 6.64. The highest BCUT2D eigenvalue weighted by Gasteiger charge is 2.33. The summed E-state index contributed by atoms with van der Waals surface area (Å²) < 4.78 is 17.0. The molecule has 21 rings (SSSR count). The molecule has 7 aromatic heterocycles. The zero-order valence-corrected chi connectivity index (χ0v) is 45.2. The maximum Gasteiger partial charge on any atom is 0.135 e. The van der Waals surface area contributed by atoms with Gasteiger partial charge in [-0.3, -0.25) is 0 Å². The van der Waals surface area contributed by atoms with Crippen molar-refractivity contribution >= 4 is 142 Å². The smallest absolute Gasteiger partial charge is 0.135 e. The highest BCUT2D eigenvalue weighted by molar-refractivity contribution is 6.41. The van der Waals surface area contributed by atoms with Crippen LogP contribution in [0.5, 0.6) is 0 Å². The lowest BCUT2D eigenvalue weighted by Crippen LogP contribution is -1.95. The quantitative estimate of drug-likeness (QED) is 0.173. The van der Waals surface area contributed by atoms with Crippen LogP contribution in [0.4, 0.5) is 0 Å². The van der Waals surface area contributed by atoms with Crippen molar-refractivity contribution in [2.24, 2.45) is 0 Å². The van der Waals surface area contributed by atoms with Gasteiger partial charge in [0.1, 0.15) is 11.2 Å². The van der Waals surface area contributed by atoms with Crippen LogP contribution in [0.25, 0.3) is 186 Å². The summed E-state index contributed by atoms with van der Waals surface area (Å²) in [4.78, 5) is 0. The molecule has 20 aromatic rings. The number of hydrogen-bond acceptors (Lipinski definition) is 1. The molecule has 0 amide bonds. The number of hydrogen-bond donors (Lipinski definition) is 0. The minimum atomic E-state index is 0.883. The van der Waals surface area contributed by atoms with Gasteiger partial charge in [-0.15, -0.1) is 0 Å².